The van der Waals surface area contributed by atoms with Gasteiger partial charge < -0.3 is 5.32 Å². The second-order valence-corrected chi connectivity index (χ2v) is 6.16. The van der Waals surface area contributed by atoms with E-state index in [-0.39, 0.29) is 0 Å². The lowest BCUT2D eigenvalue weighted by molar-refractivity contribution is 0.392. The van der Waals surface area contributed by atoms with Gasteiger partial charge in [0.15, 0.2) is 0 Å². The predicted molar refractivity (Wildman–Crippen MR) is 62.6 cm³/mol. The molecule has 2 aliphatic carbocycles. The van der Waals surface area contributed by atoms with Crippen molar-refractivity contribution in [2.75, 3.05) is 18.1 Å². The summed E-state index contributed by atoms with van der Waals surface area (Å²) in [5, 5.41) is 3.75. The third-order valence-corrected chi connectivity index (χ3v) is 5.18. The first-order chi connectivity index (χ1) is 6.92. The Kier molecular flexibility index (Phi) is 2.59. The molecule has 14 heavy (non-hydrogen) atoms. The smallest absolute Gasteiger partial charge is 0.0166 e. The summed E-state index contributed by atoms with van der Waals surface area (Å²) in [5.41, 5.74) is 0. The van der Waals surface area contributed by atoms with E-state index in [1.165, 1.54) is 37.3 Å². The zero-order valence-corrected chi connectivity index (χ0v) is 9.43. The number of rotatable bonds is 3. The minimum atomic E-state index is 0.822. The Balaban J connectivity index is 1.47. The molecule has 4 unspecified atom stereocenters. The van der Waals surface area contributed by atoms with E-state index in [2.05, 4.69) is 29.2 Å². The Morgan fingerprint density at radius 2 is 2.29 bits per heavy atom. The monoisotopic (exact) mass is 209 g/mol. The average molecular weight is 209 g/mol. The van der Waals surface area contributed by atoms with Crippen molar-refractivity contribution in [1.82, 2.24) is 5.32 Å². The highest BCUT2D eigenvalue weighted by Crippen LogP contribution is 2.43. The summed E-state index contributed by atoms with van der Waals surface area (Å²) < 4.78 is 0. The van der Waals surface area contributed by atoms with Crippen molar-refractivity contribution in [3.05, 3.63) is 12.2 Å². The Hall–Kier alpha value is 0.0500. The second-order valence-electron chi connectivity index (χ2n) is 5.01. The van der Waals surface area contributed by atoms with Gasteiger partial charge in [-0.1, -0.05) is 12.2 Å². The van der Waals surface area contributed by atoms with Crippen LogP contribution in [0.3, 0.4) is 0 Å². The van der Waals surface area contributed by atoms with Gasteiger partial charge in [-0.25, -0.2) is 0 Å². The highest BCUT2D eigenvalue weighted by molar-refractivity contribution is 7.99. The molecule has 0 spiro atoms. The first-order valence-electron chi connectivity index (χ1n) is 5.91. The molecule has 2 bridgehead atoms. The van der Waals surface area contributed by atoms with Crippen LogP contribution in [0, 0.1) is 17.8 Å². The van der Waals surface area contributed by atoms with Crippen LogP contribution in [0.4, 0.5) is 0 Å². The largest absolute Gasteiger partial charge is 0.313 e. The fraction of sp³-hybridized carbons (Fsp3) is 0.833. The van der Waals surface area contributed by atoms with E-state index in [4.69, 9.17) is 0 Å². The molecular formula is C12H19NS. The third-order valence-electron chi connectivity index (χ3n) is 4.01. The van der Waals surface area contributed by atoms with E-state index in [0.29, 0.717) is 0 Å². The molecule has 1 N–H and O–H groups in total. The van der Waals surface area contributed by atoms with Crippen LogP contribution >= 0.6 is 11.8 Å². The summed E-state index contributed by atoms with van der Waals surface area (Å²) in [7, 11) is 0. The van der Waals surface area contributed by atoms with Crippen molar-refractivity contribution in [3.8, 4) is 0 Å². The van der Waals surface area contributed by atoms with Crippen molar-refractivity contribution in [1.29, 1.82) is 0 Å². The van der Waals surface area contributed by atoms with Crippen molar-refractivity contribution in [2.24, 2.45) is 17.8 Å². The van der Waals surface area contributed by atoms with Gasteiger partial charge >= 0.3 is 0 Å². The minimum absolute atomic E-state index is 0.822. The summed E-state index contributed by atoms with van der Waals surface area (Å²) >= 11 is 2.10. The van der Waals surface area contributed by atoms with Crippen LogP contribution in [0.25, 0.3) is 0 Å². The molecule has 1 heterocycles. The van der Waals surface area contributed by atoms with Crippen molar-refractivity contribution >= 4 is 11.8 Å². The molecule has 0 aromatic heterocycles. The molecule has 78 valence electrons. The normalized spacial score (nSPS) is 45.1. The summed E-state index contributed by atoms with van der Waals surface area (Å²) in [4.78, 5) is 0. The van der Waals surface area contributed by atoms with Crippen molar-refractivity contribution in [2.45, 2.75) is 25.3 Å². The number of hydrogen-bond acceptors (Lipinski definition) is 2. The molecular weight excluding hydrogens is 190 g/mol. The number of hydrogen-bond donors (Lipinski definition) is 1. The second kappa shape index (κ2) is 3.90. The van der Waals surface area contributed by atoms with Crippen LogP contribution in [0.1, 0.15) is 19.3 Å². The number of nitrogens with one attached hydrogen (secondary N) is 1. The van der Waals surface area contributed by atoms with Crippen LogP contribution in [-0.4, -0.2) is 24.1 Å². The lowest BCUT2D eigenvalue weighted by atomic mass is 9.93. The summed E-state index contributed by atoms with van der Waals surface area (Å²) in [6.07, 6.45) is 9.19. The molecule has 1 aliphatic heterocycles. The lowest BCUT2D eigenvalue weighted by Crippen LogP contribution is -2.34. The Morgan fingerprint density at radius 1 is 1.29 bits per heavy atom. The molecule has 2 fully saturated rings. The lowest BCUT2D eigenvalue weighted by Gasteiger charge is -2.21. The van der Waals surface area contributed by atoms with E-state index in [9.17, 15) is 0 Å². The zero-order chi connectivity index (χ0) is 9.38. The highest BCUT2D eigenvalue weighted by atomic mass is 32.2. The summed E-state index contributed by atoms with van der Waals surface area (Å²) in [6.45, 7) is 1.27. The van der Waals surface area contributed by atoms with Gasteiger partial charge in [0, 0.05) is 11.8 Å². The Bertz CT molecular complexity index is 232. The summed E-state index contributed by atoms with van der Waals surface area (Å²) in [6, 6.07) is 0.822. The maximum atomic E-state index is 3.75. The van der Waals surface area contributed by atoms with Crippen LogP contribution < -0.4 is 5.32 Å². The molecule has 3 rings (SSSR count). The Morgan fingerprint density at radius 3 is 2.93 bits per heavy atom. The van der Waals surface area contributed by atoms with Gasteiger partial charge in [0.2, 0.25) is 0 Å². The highest BCUT2D eigenvalue weighted by Gasteiger charge is 2.35. The van der Waals surface area contributed by atoms with Crippen LogP contribution in [0.5, 0.6) is 0 Å². The standard InChI is InChI=1S/C12H19NS/c1-2-10-5-9(1)6-11(10)7-13-12-3-4-14-8-12/h1-2,9-13H,3-8H2. The zero-order valence-electron chi connectivity index (χ0n) is 8.61. The number of allylic oxidation sites excluding steroid dienone is 2. The maximum absolute atomic E-state index is 3.75. The number of thioether (sulfide) groups is 1. The van der Waals surface area contributed by atoms with E-state index < -0.39 is 0 Å². The maximum Gasteiger partial charge on any atom is 0.0166 e. The van der Waals surface area contributed by atoms with Gasteiger partial charge in [-0.2, -0.15) is 11.8 Å². The van der Waals surface area contributed by atoms with Crippen molar-refractivity contribution in [3.63, 3.8) is 0 Å². The topological polar surface area (TPSA) is 12.0 Å². The quantitative estimate of drug-likeness (QED) is 0.716. The van der Waals surface area contributed by atoms with Gasteiger partial charge in [-0.3, -0.25) is 0 Å². The molecule has 1 nitrogen and oxygen atoms in total. The van der Waals surface area contributed by atoms with E-state index in [0.717, 1.165) is 23.8 Å². The molecule has 0 aromatic carbocycles. The molecule has 0 aromatic rings. The SMILES string of the molecule is C1=CC2CC1CC2CNC1CCSC1. The van der Waals surface area contributed by atoms with E-state index in [1.54, 1.807) is 0 Å². The minimum Gasteiger partial charge on any atom is -0.313 e. The van der Waals surface area contributed by atoms with Gasteiger partial charge in [0.25, 0.3) is 0 Å². The third kappa shape index (κ3) is 1.74. The Labute approximate surface area is 90.7 Å². The molecule has 2 heteroatoms. The van der Waals surface area contributed by atoms with Crippen LogP contribution in [0.15, 0.2) is 12.2 Å². The van der Waals surface area contributed by atoms with Crippen LogP contribution in [0.2, 0.25) is 0 Å². The molecule has 1 saturated heterocycles. The first-order valence-corrected chi connectivity index (χ1v) is 7.07. The van der Waals surface area contributed by atoms with E-state index in [1.807, 2.05) is 0 Å². The van der Waals surface area contributed by atoms with Gasteiger partial charge in [-0.15, -0.1) is 0 Å². The number of fused-ring (bicyclic) bond motifs is 2. The first kappa shape index (κ1) is 9.29. The van der Waals surface area contributed by atoms with Crippen LogP contribution in [-0.2, 0) is 0 Å². The van der Waals surface area contributed by atoms with Gasteiger partial charge in [0.1, 0.15) is 0 Å². The van der Waals surface area contributed by atoms with Gasteiger partial charge in [-0.05, 0) is 49.3 Å². The average Bonchev–Trinajstić information content (AvgIpc) is 2.91. The predicted octanol–water partition coefficient (Wildman–Crippen LogP) is 2.29. The molecule has 1 saturated carbocycles. The van der Waals surface area contributed by atoms with Gasteiger partial charge in [0.05, 0.1) is 0 Å². The molecule has 0 amide bonds. The molecule has 4 atom stereocenters. The molecule has 0 radical (unpaired) electrons. The summed E-state index contributed by atoms with van der Waals surface area (Å²) in [5.74, 6) is 5.52. The van der Waals surface area contributed by atoms with E-state index >= 15 is 0 Å². The fourth-order valence-electron chi connectivity index (χ4n) is 3.14. The van der Waals surface area contributed by atoms with Crippen molar-refractivity contribution < 1.29 is 0 Å². The molecule has 3 aliphatic rings. The fourth-order valence-corrected chi connectivity index (χ4v) is 4.33.